The molecule has 0 aliphatic carbocycles. The van der Waals surface area contributed by atoms with Crippen molar-refractivity contribution in [2.24, 2.45) is 0 Å². The zero-order chi connectivity index (χ0) is 13.9. The Morgan fingerprint density at radius 3 is 2.85 bits per heavy atom. The number of rotatable bonds is 4. The first kappa shape index (κ1) is 12.4. The Hall–Kier alpha value is -2.68. The molecule has 0 N–H and O–H groups in total. The lowest BCUT2D eigenvalue weighted by Gasteiger charge is -1.95. The minimum Gasteiger partial charge on any atom is -0.260 e. The zero-order valence-electron chi connectivity index (χ0n) is 10.1. The zero-order valence-corrected chi connectivity index (χ0v) is 10.9. The first-order valence-corrected chi connectivity index (χ1v) is 6.49. The molecular weight excluding hydrogens is 280 g/mol. The molecule has 9 heteroatoms. The largest absolute Gasteiger partial charge is 0.307 e. The fourth-order valence-electron chi connectivity index (χ4n) is 1.59. The van der Waals surface area contributed by atoms with Crippen LogP contribution in [0.2, 0.25) is 0 Å². The monoisotopic (exact) mass is 288 g/mol. The van der Waals surface area contributed by atoms with Crippen LogP contribution in [0, 0.1) is 10.1 Å². The van der Waals surface area contributed by atoms with Crippen molar-refractivity contribution in [3.63, 3.8) is 0 Å². The Morgan fingerprint density at radius 1 is 1.35 bits per heavy atom. The lowest BCUT2D eigenvalue weighted by atomic mass is 10.5. The lowest BCUT2D eigenvalue weighted by Crippen LogP contribution is -2.00. The molecule has 0 unspecified atom stereocenters. The van der Waals surface area contributed by atoms with E-state index in [0.717, 1.165) is 5.69 Å². The van der Waals surface area contributed by atoms with Crippen molar-refractivity contribution in [2.45, 2.75) is 6.54 Å². The lowest BCUT2D eigenvalue weighted by molar-refractivity contribution is -0.385. The summed E-state index contributed by atoms with van der Waals surface area (Å²) in [5.41, 5.74) is 0.724. The summed E-state index contributed by atoms with van der Waals surface area (Å²) in [7, 11) is 0. The first-order valence-electron chi connectivity index (χ1n) is 5.61. The van der Waals surface area contributed by atoms with Crippen molar-refractivity contribution < 1.29 is 4.92 Å². The summed E-state index contributed by atoms with van der Waals surface area (Å²) in [5, 5.41) is 17.1. The Balaban J connectivity index is 1.78. The van der Waals surface area contributed by atoms with Crippen molar-refractivity contribution in [3.8, 4) is 10.8 Å². The predicted octanol–water partition coefficient (Wildman–Crippen LogP) is 1.75. The van der Waals surface area contributed by atoms with Crippen molar-refractivity contribution >= 4 is 17.0 Å². The van der Waals surface area contributed by atoms with Crippen LogP contribution >= 0.6 is 11.3 Å². The van der Waals surface area contributed by atoms with Crippen LogP contribution in [0.5, 0.6) is 0 Å². The molecule has 0 radical (unpaired) electrons. The van der Waals surface area contributed by atoms with E-state index in [-0.39, 0.29) is 5.69 Å². The molecule has 0 aromatic carbocycles. The van der Waals surface area contributed by atoms with E-state index in [4.69, 9.17) is 0 Å². The second-order valence-corrected chi connectivity index (χ2v) is 4.73. The Kier molecular flexibility index (Phi) is 3.17. The van der Waals surface area contributed by atoms with E-state index >= 15 is 0 Å². The standard InChI is InChI=1S/C11H8N6O2S/c18-17(19)9-4-14-16(6-9)5-8-7-20-11(15-8)10-12-2-1-3-13-10/h1-4,6-7H,5H2. The van der Waals surface area contributed by atoms with Crippen LogP contribution in [0.1, 0.15) is 5.69 Å². The molecule has 0 fully saturated rings. The number of hydrogen-bond acceptors (Lipinski definition) is 7. The molecule has 0 bridgehead atoms. The highest BCUT2D eigenvalue weighted by atomic mass is 32.1. The smallest absolute Gasteiger partial charge is 0.260 e. The van der Waals surface area contributed by atoms with Crippen molar-refractivity contribution in [1.29, 1.82) is 0 Å². The average molecular weight is 288 g/mol. The molecule has 0 saturated heterocycles. The number of hydrogen-bond donors (Lipinski definition) is 0. The maximum Gasteiger partial charge on any atom is 0.307 e. The number of nitrogens with zero attached hydrogens (tertiary/aromatic N) is 6. The van der Waals surface area contributed by atoms with Gasteiger partial charge < -0.3 is 0 Å². The summed E-state index contributed by atoms with van der Waals surface area (Å²) in [6.07, 6.45) is 5.89. The third-order valence-corrected chi connectivity index (χ3v) is 3.35. The highest BCUT2D eigenvalue weighted by Gasteiger charge is 2.11. The van der Waals surface area contributed by atoms with Gasteiger partial charge in [0.15, 0.2) is 10.8 Å². The topological polar surface area (TPSA) is 99.6 Å². The van der Waals surface area contributed by atoms with Gasteiger partial charge in [0, 0.05) is 17.8 Å². The van der Waals surface area contributed by atoms with E-state index < -0.39 is 4.92 Å². The fourth-order valence-corrected chi connectivity index (χ4v) is 2.35. The highest BCUT2D eigenvalue weighted by Crippen LogP contribution is 2.20. The summed E-state index contributed by atoms with van der Waals surface area (Å²) >= 11 is 1.42. The maximum absolute atomic E-state index is 10.6. The van der Waals surface area contributed by atoms with E-state index in [1.807, 2.05) is 5.38 Å². The van der Waals surface area contributed by atoms with Gasteiger partial charge in [-0.3, -0.25) is 14.8 Å². The molecule has 100 valence electrons. The minimum atomic E-state index is -0.478. The van der Waals surface area contributed by atoms with Crippen LogP contribution in [-0.4, -0.2) is 29.7 Å². The summed E-state index contributed by atoms with van der Waals surface area (Å²) < 4.78 is 1.48. The molecular formula is C11H8N6O2S. The number of nitro groups is 1. The van der Waals surface area contributed by atoms with Crippen molar-refractivity contribution in [3.05, 3.63) is 52.0 Å². The number of aromatic nitrogens is 5. The van der Waals surface area contributed by atoms with Crippen LogP contribution in [0.4, 0.5) is 5.69 Å². The molecule has 8 nitrogen and oxygen atoms in total. The van der Waals surface area contributed by atoms with Gasteiger partial charge in [0.2, 0.25) is 0 Å². The molecule has 0 spiro atoms. The van der Waals surface area contributed by atoms with Gasteiger partial charge in [-0.25, -0.2) is 15.0 Å². The summed E-state index contributed by atoms with van der Waals surface area (Å²) in [6, 6.07) is 1.74. The minimum absolute atomic E-state index is 0.0353. The number of thiazole rings is 1. The molecule has 20 heavy (non-hydrogen) atoms. The molecule has 3 heterocycles. The Morgan fingerprint density at radius 2 is 2.15 bits per heavy atom. The molecule has 3 aromatic rings. The van der Waals surface area contributed by atoms with Gasteiger partial charge in [-0.15, -0.1) is 11.3 Å². The van der Waals surface area contributed by atoms with Gasteiger partial charge in [0.25, 0.3) is 0 Å². The third-order valence-electron chi connectivity index (χ3n) is 2.46. The van der Waals surface area contributed by atoms with Crippen molar-refractivity contribution in [1.82, 2.24) is 24.7 Å². The highest BCUT2D eigenvalue weighted by molar-refractivity contribution is 7.13. The van der Waals surface area contributed by atoms with E-state index in [2.05, 4.69) is 20.1 Å². The molecule has 3 aromatic heterocycles. The molecule has 0 aliphatic heterocycles. The fraction of sp³-hybridized carbons (Fsp3) is 0.0909. The van der Waals surface area contributed by atoms with E-state index in [0.29, 0.717) is 17.4 Å². The third kappa shape index (κ3) is 2.52. The van der Waals surface area contributed by atoms with E-state index in [1.54, 1.807) is 18.5 Å². The van der Waals surface area contributed by atoms with Gasteiger partial charge in [0.1, 0.15) is 12.4 Å². The first-order chi connectivity index (χ1) is 9.72. The summed E-state index contributed by atoms with van der Waals surface area (Å²) in [6.45, 7) is 0.372. The van der Waals surface area contributed by atoms with Crippen molar-refractivity contribution in [2.75, 3.05) is 0 Å². The van der Waals surface area contributed by atoms with Crippen LogP contribution in [0.25, 0.3) is 10.8 Å². The quantitative estimate of drug-likeness (QED) is 0.535. The van der Waals surface area contributed by atoms with E-state index in [9.17, 15) is 10.1 Å². The average Bonchev–Trinajstić information content (AvgIpc) is 3.10. The normalized spacial score (nSPS) is 10.6. The predicted molar refractivity (Wildman–Crippen MR) is 71.1 cm³/mol. The maximum atomic E-state index is 10.6. The van der Waals surface area contributed by atoms with Crippen LogP contribution < -0.4 is 0 Å². The van der Waals surface area contributed by atoms with Gasteiger partial charge in [-0.2, -0.15) is 5.10 Å². The molecule has 0 saturated carbocycles. The van der Waals surface area contributed by atoms with Gasteiger partial charge >= 0.3 is 5.69 Å². The van der Waals surface area contributed by atoms with Crippen LogP contribution in [0.3, 0.4) is 0 Å². The SMILES string of the molecule is O=[N+]([O-])c1cnn(Cc2csc(-c3ncccn3)n2)c1. The van der Waals surface area contributed by atoms with Gasteiger partial charge in [-0.05, 0) is 6.07 Å². The second-order valence-electron chi connectivity index (χ2n) is 3.87. The van der Waals surface area contributed by atoms with Gasteiger partial charge in [-0.1, -0.05) is 0 Å². The second kappa shape index (κ2) is 5.13. The molecule has 0 atom stereocenters. The van der Waals surface area contributed by atoms with Crippen LogP contribution in [-0.2, 0) is 6.54 Å². The Bertz CT molecular complexity index is 738. The van der Waals surface area contributed by atoms with Gasteiger partial charge in [0.05, 0.1) is 17.2 Å². The van der Waals surface area contributed by atoms with E-state index in [1.165, 1.54) is 28.4 Å². The molecule has 0 amide bonds. The Labute approximate surface area is 116 Å². The summed E-state index contributed by atoms with van der Waals surface area (Å²) in [5.74, 6) is 0.565. The van der Waals surface area contributed by atoms with Crippen LogP contribution in [0.15, 0.2) is 36.2 Å². The summed E-state index contributed by atoms with van der Waals surface area (Å²) in [4.78, 5) is 22.7. The molecule has 0 aliphatic rings. The molecule has 3 rings (SSSR count).